The van der Waals surface area contributed by atoms with Crippen LogP contribution in [0.15, 0.2) is 42.5 Å². The van der Waals surface area contributed by atoms with Crippen LogP contribution in [-0.4, -0.2) is 56.3 Å². The number of nitrogens with zero attached hydrogens (tertiary/aromatic N) is 1. The van der Waals surface area contributed by atoms with Crippen molar-refractivity contribution in [1.29, 1.82) is 5.41 Å². The molecule has 0 aliphatic carbocycles. The first-order valence-electron chi connectivity index (χ1n) is 8.96. The fourth-order valence-electron chi connectivity index (χ4n) is 3.07. The quantitative estimate of drug-likeness (QED) is 0.599. The molecule has 5 nitrogen and oxygen atoms in total. The zero-order chi connectivity index (χ0) is 17.5. The standard InChI is InChI=1S/C20H27N3O2/c1-16(14-20(21)25-13-10-23-8-11-24-12-9-23)22-19-7-6-17-4-2-3-5-18(17)15-19/h2-7,15-16,21-22H,8-14H2,1H3. The lowest BCUT2D eigenvalue weighted by molar-refractivity contribution is 0.0312. The van der Waals surface area contributed by atoms with Crippen LogP contribution in [-0.2, 0) is 9.47 Å². The Labute approximate surface area is 149 Å². The summed E-state index contributed by atoms with van der Waals surface area (Å²) in [6, 6.07) is 14.8. The lowest BCUT2D eigenvalue weighted by atomic mass is 10.1. The first-order chi connectivity index (χ1) is 12.2. The van der Waals surface area contributed by atoms with Crippen LogP contribution in [0.25, 0.3) is 10.8 Å². The van der Waals surface area contributed by atoms with Crippen molar-refractivity contribution < 1.29 is 9.47 Å². The van der Waals surface area contributed by atoms with Crippen molar-refractivity contribution in [2.24, 2.45) is 0 Å². The zero-order valence-electron chi connectivity index (χ0n) is 14.8. The fraction of sp³-hybridized carbons (Fsp3) is 0.450. The summed E-state index contributed by atoms with van der Waals surface area (Å²) in [5.74, 6) is 0.342. The van der Waals surface area contributed by atoms with E-state index in [1.165, 1.54) is 10.8 Å². The summed E-state index contributed by atoms with van der Waals surface area (Å²) >= 11 is 0. The normalized spacial score (nSPS) is 16.5. The van der Waals surface area contributed by atoms with Crippen LogP contribution in [0.3, 0.4) is 0 Å². The topological polar surface area (TPSA) is 57.6 Å². The minimum Gasteiger partial charge on any atom is -0.480 e. The molecule has 2 N–H and O–H groups in total. The van der Waals surface area contributed by atoms with Crippen molar-refractivity contribution in [3.05, 3.63) is 42.5 Å². The molecule has 1 aliphatic heterocycles. The third-order valence-corrected chi connectivity index (χ3v) is 4.44. The lowest BCUT2D eigenvalue weighted by Gasteiger charge is -2.26. The predicted octanol–water partition coefficient (Wildman–Crippen LogP) is 3.36. The molecule has 1 unspecified atom stereocenters. The number of anilines is 1. The van der Waals surface area contributed by atoms with Crippen LogP contribution in [0, 0.1) is 5.41 Å². The molecular weight excluding hydrogens is 314 g/mol. The Balaban J connectivity index is 1.41. The van der Waals surface area contributed by atoms with Gasteiger partial charge in [0.15, 0.2) is 5.90 Å². The molecule has 134 valence electrons. The van der Waals surface area contributed by atoms with Gasteiger partial charge < -0.3 is 14.8 Å². The second-order valence-electron chi connectivity index (χ2n) is 6.54. The Bertz CT molecular complexity index is 698. The number of morpholine rings is 1. The van der Waals surface area contributed by atoms with Gasteiger partial charge in [-0.05, 0) is 29.8 Å². The fourth-order valence-corrected chi connectivity index (χ4v) is 3.07. The first-order valence-corrected chi connectivity index (χ1v) is 8.96. The van der Waals surface area contributed by atoms with Gasteiger partial charge in [-0.2, -0.15) is 0 Å². The summed E-state index contributed by atoms with van der Waals surface area (Å²) in [6.45, 7) is 7.01. The number of benzene rings is 2. The molecule has 1 fully saturated rings. The Morgan fingerprint density at radius 2 is 1.96 bits per heavy atom. The second kappa shape index (κ2) is 8.83. The van der Waals surface area contributed by atoms with Crippen LogP contribution >= 0.6 is 0 Å². The van der Waals surface area contributed by atoms with Gasteiger partial charge in [-0.25, -0.2) is 0 Å². The molecule has 1 saturated heterocycles. The van der Waals surface area contributed by atoms with E-state index in [4.69, 9.17) is 14.9 Å². The average molecular weight is 341 g/mol. The number of nitrogens with one attached hydrogen (secondary N) is 2. The summed E-state index contributed by atoms with van der Waals surface area (Å²) in [7, 11) is 0. The van der Waals surface area contributed by atoms with Gasteiger partial charge in [0.05, 0.1) is 13.2 Å². The van der Waals surface area contributed by atoms with E-state index in [1.807, 2.05) is 12.1 Å². The van der Waals surface area contributed by atoms with Crippen LogP contribution in [0.4, 0.5) is 5.69 Å². The van der Waals surface area contributed by atoms with E-state index in [1.54, 1.807) is 0 Å². The average Bonchev–Trinajstić information content (AvgIpc) is 2.62. The van der Waals surface area contributed by atoms with Gasteiger partial charge in [0.2, 0.25) is 0 Å². The van der Waals surface area contributed by atoms with Gasteiger partial charge in [-0.1, -0.05) is 30.3 Å². The molecule has 0 spiro atoms. The Morgan fingerprint density at radius 1 is 1.20 bits per heavy atom. The van der Waals surface area contributed by atoms with Gasteiger partial charge >= 0.3 is 0 Å². The second-order valence-corrected chi connectivity index (χ2v) is 6.54. The van der Waals surface area contributed by atoms with Crippen molar-refractivity contribution in [1.82, 2.24) is 4.90 Å². The van der Waals surface area contributed by atoms with E-state index in [2.05, 4.69) is 47.5 Å². The number of rotatable bonds is 7. The molecule has 0 aromatic heterocycles. The zero-order valence-corrected chi connectivity index (χ0v) is 14.8. The summed E-state index contributed by atoms with van der Waals surface area (Å²) in [5, 5.41) is 13.9. The van der Waals surface area contributed by atoms with Gasteiger partial charge in [-0.15, -0.1) is 0 Å². The van der Waals surface area contributed by atoms with Crippen molar-refractivity contribution in [3.63, 3.8) is 0 Å². The minimum absolute atomic E-state index is 0.150. The Kier molecular flexibility index (Phi) is 6.25. The lowest BCUT2D eigenvalue weighted by Crippen LogP contribution is -2.38. The SMILES string of the molecule is CC(CC(=N)OCCN1CCOCC1)Nc1ccc2ccccc2c1. The molecule has 2 aromatic rings. The van der Waals surface area contributed by atoms with Crippen LogP contribution in [0.1, 0.15) is 13.3 Å². The number of hydrogen-bond donors (Lipinski definition) is 2. The number of hydrogen-bond acceptors (Lipinski definition) is 5. The third-order valence-electron chi connectivity index (χ3n) is 4.44. The van der Waals surface area contributed by atoms with Gasteiger partial charge in [0, 0.05) is 37.8 Å². The highest BCUT2D eigenvalue weighted by Gasteiger charge is 2.11. The van der Waals surface area contributed by atoms with Crippen molar-refractivity contribution in [2.45, 2.75) is 19.4 Å². The van der Waals surface area contributed by atoms with E-state index in [0.29, 0.717) is 18.9 Å². The highest BCUT2D eigenvalue weighted by atomic mass is 16.5. The molecule has 0 radical (unpaired) electrons. The van der Waals surface area contributed by atoms with Crippen LogP contribution in [0.5, 0.6) is 0 Å². The molecule has 0 saturated carbocycles. The monoisotopic (exact) mass is 341 g/mol. The van der Waals surface area contributed by atoms with Crippen molar-refractivity contribution in [2.75, 3.05) is 44.8 Å². The predicted molar refractivity (Wildman–Crippen MR) is 103 cm³/mol. The largest absolute Gasteiger partial charge is 0.480 e. The van der Waals surface area contributed by atoms with E-state index in [0.717, 1.165) is 38.5 Å². The third kappa shape index (κ3) is 5.44. The van der Waals surface area contributed by atoms with Crippen LogP contribution in [0.2, 0.25) is 0 Å². The molecule has 0 amide bonds. The first kappa shape index (κ1) is 17.7. The molecular formula is C20H27N3O2. The maximum absolute atomic E-state index is 8.03. The van der Waals surface area contributed by atoms with Gasteiger partial charge in [0.25, 0.3) is 0 Å². The van der Waals surface area contributed by atoms with Gasteiger partial charge in [0.1, 0.15) is 6.61 Å². The maximum atomic E-state index is 8.03. The summed E-state index contributed by atoms with van der Waals surface area (Å²) < 4.78 is 10.9. The Morgan fingerprint density at radius 3 is 2.76 bits per heavy atom. The minimum atomic E-state index is 0.150. The van der Waals surface area contributed by atoms with Crippen molar-refractivity contribution in [3.8, 4) is 0 Å². The number of fused-ring (bicyclic) bond motifs is 1. The Hall–Kier alpha value is -2.11. The van der Waals surface area contributed by atoms with Crippen molar-refractivity contribution >= 4 is 22.4 Å². The smallest absolute Gasteiger partial charge is 0.182 e. The summed E-state index contributed by atoms with van der Waals surface area (Å²) in [5.41, 5.74) is 1.08. The summed E-state index contributed by atoms with van der Waals surface area (Å²) in [6.07, 6.45) is 0.579. The summed E-state index contributed by atoms with van der Waals surface area (Å²) in [4.78, 5) is 2.31. The van der Waals surface area contributed by atoms with E-state index < -0.39 is 0 Å². The van der Waals surface area contributed by atoms with Crippen LogP contribution < -0.4 is 5.32 Å². The molecule has 0 bridgehead atoms. The molecule has 1 aliphatic rings. The van der Waals surface area contributed by atoms with Gasteiger partial charge in [-0.3, -0.25) is 10.3 Å². The molecule has 2 aromatic carbocycles. The molecule has 5 heteroatoms. The number of ether oxygens (including phenoxy) is 2. The van der Waals surface area contributed by atoms with E-state index >= 15 is 0 Å². The van der Waals surface area contributed by atoms with E-state index in [-0.39, 0.29) is 6.04 Å². The molecule has 3 rings (SSSR count). The molecule has 1 heterocycles. The highest BCUT2D eigenvalue weighted by Crippen LogP contribution is 2.19. The van der Waals surface area contributed by atoms with E-state index in [9.17, 15) is 0 Å². The highest BCUT2D eigenvalue weighted by molar-refractivity contribution is 5.85. The molecule has 25 heavy (non-hydrogen) atoms. The maximum Gasteiger partial charge on any atom is 0.182 e. The molecule has 1 atom stereocenters.